The summed E-state index contributed by atoms with van der Waals surface area (Å²) in [5.74, 6) is -0.132. The normalized spacial score (nSPS) is 23.7. The molecule has 2 fully saturated rings. The SMILES string of the molecule is CC1OC2(CCN(CCc3ccccc3OC(F)(F)F)CC2)CN(C)C1=O. The zero-order valence-corrected chi connectivity index (χ0v) is 15.6. The topological polar surface area (TPSA) is 42.0 Å². The number of carbonyl (C=O) groups excluding carboxylic acids is 1. The minimum atomic E-state index is -4.69. The van der Waals surface area contributed by atoms with Gasteiger partial charge in [-0.1, -0.05) is 18.2 Å². The average molecular weight is 386 g/mol. The minimum absolute atomic E-state index is 0.00401. The standard InChI is InChI=1S/C19H25F3N2O3/c1-14-17(25)23(2)13-18(26-14)8-11-24(12-9-18)10-7-15-5-3-4-6-16(15)27-19(20,21)22/h3-6,14H,7-13H2,1-2H3. The summed E-state index contributed by atoms with van der Waals surface area (Å²) < 4.78 is 47.7. The molecule has 1 aromatic carbocycles. The number of alkyl halides is 3. The van der Waals surface area contributed by atoms with Crippen LogP contribution in [0.2, 0.25) is 0 Å². The highest BCUT2D eigenvalue weighted by Crippen LogP contribution is 2.33. The van der Waals surface area contributed by atoms with Crippen molar-refractivity contribution >= 4 is 5.91 Å². The second-order valence-electron chi connectivity index (χ2n) is 7.38. The third-order valence-electron chi connectivity index (χ3n) is 5.34. The van der Waals surface area contributed by atoms with Crippen LogP contribution in [-0.2, 0) is 16.0 Å². The Morgan fingerprint density at radius 1 is 1.26 bits per heavy atom. The van der Waals surface area contributed by atoms with Crippen molar-refractivity contribution in [1.82, 2.24) is 9.80 Å². The van der Waals surface area contributed by atoms with Gasteiger partial charge >= 0.3 is 6.36 Å². The summed E-state index contributed by atoms with van der Waals surface area (Å²) in [6.07, 6.45) is -3.03. The van der Waals surface area contributed by atoms with Gasteiger partial charge in [-0.2, -0.15) is 0 Å². The number of amides is 1. The first kappa shape index (κ1) is 19.9. The van der Waals surface area contributed by atoms with E-state index in [1.807, 2.05) is 0 Å². The van der Waals surface area contributed by atoms with Crippen LogP contribution >= 0.6 is 0 Å². The van der Waals surface area contributed by atoms with Crippen LogP contribution in [0.3, 0.4) is 0 Å². The lowest BCUT2D eigenvalue weighted by Gasteiger charge is -2.48. The van der Waals surface area contributed by atoms with Crippen LogP contribution < -0.4 is 4.74 Å². The number of halogens is 3. The number of para-hydroxylation sites is 1. The zero-order chi connectivity index (χ0) is 19.7. The number of carbonyl (C=O) groups is 1. The first-order valence-electron chi connectivity index (χ1n) is 9.16. The van der Waals surface area contributed by atoms with Crippen LogP contribution in [0.4, 0.5) is 13.2 Å². The molecule has 2 saturated heterocycles. The molecule has 1 spiro atoms. The van der Waals surface area contributed by atoms with E-state index in [9.17, 15) is 18.0 Å². The van der Waals surface area contributed by atoms with E-state index in [0.717, 1.165) is 25.9 Å². The molecule has 0 radical (unpaired) electrons. The van der Waals surface area contributed by atoms with Crippen molar-refractivity contribution in [1.29, 1.82) is 0 Å². The fourth-order valence-corrected chi connectivity index (χ4v) is 3.96. The molecular weight excluding hydrogens is 361 g/mol. The summed E-state index contributed by atoms with van der Waals surface area (Å²) in [7, 11) is 1.80. The van der Waals surface area contributed by atoms with E-state index < -0.39 is 12.5 Å². The first-order chi connectivity index (χ1) is 12.7. The Morgan fingerprint density at radius 2 is 1.93 bits per heavy atom. The molecule has 1 unspecified atom stereocenters. The van der Waals surface area contributed by atoms with Crippen molar-refractivity contribution in [2.45, 2.75) is 44.3 Å². The van der Waals surface area contributed by atoms with E-state index in [0.29, 0.717) is 25.1 Å². The fraction of sp³-hybridized carbons (Fsp3) is 0.632. The van der Waals surface area contributed by atoms with Gasteiger partial charge in [0, 0.05) is 33.2 Å². The Labute approximate surface area is 157 Å². The van der Waals surface area contributed by atoms with Crippen LogP contribution in [0.15, 0.2) is 24.3 Å². The first-order valence-corrected chi connectivity index (χ1v) is 9.16. The lowest BCUT2D eigenvalue weighted by molar-refractivity contribution is -0.274. The van der Waals surface area contributed by atoms with Crippen LogP contribution in [0.25, 0.3) is 0 Å². The average Bonchev–Trinajstić information content (AvgIpc) is 2.59. The molecule has 0 N–H and O–H groups in total. The monoisotopic (exact) mass is 386 g/mol. The lowest BCUT2D eigenvalue weighted by Crippen LogP contribution is -2.60. The Balaban J connectivity index is 1.54. The number of likely N-dealkylation sites (tertiary alicyclic amines) is 1. The molecule has 1 atom stereocenters. The molecular formula is C19H25F3N2O3. The van der Waals surface area contributed by atoms with Gasteiger partial charge in [-0.05, 0) is 37.8 Å². The number of ether oxygens (including phenoxy) is 2. The molecule has 0 aliphatic carbocycles. The van der Waals surface area contributed by atoms with Gasteiger partial charge in [0.2, 0.25) is 0 Å². The number of hydrogen-bond acceptors (Lipinski definition) is 4. The third-order valence-corrected chi connectivity index (χ3v) is 5.34. The number of rotatable bonds is 4. The maximum Gasteiger partial charge on any atom is 0.573 e. The molecule has 5 nitrogen and oxygen atoms in total. The van der Waals surface area contributed by atoms with Crippen LogP contribution in [0.5, 0.6) is 5.75 Å². The van der Waals surface area contributed by atoms with Crippen molar-refractivity contribution < 1.29 is 27.4 Å². The van der Waals surface area contributed by atoms with Gasteiger partial charge in [-0.15, -0.1) is 13.2 Å². The molecule has 1 aromatic rings. The maximum absolute atomic E-state index is 12.5. The molecule has 1 amide bonds. The number of likely N-dealkylation sites (N-methyl/N-ethyl adjacent to an activating group) is 1. The maximum atomic E-state index is 12.5. The third kappa shape index (κ3) is 4.93. The van der Waals surface area contributed by atoms with E-state index in [4.69, 9.17) is 4.74 Å². The zero-order valence-electron chi connectivity index (χ0n) is 15.6. The molecule has 27 heavy (non-hydrogen) atoms. The van der Waals surface area contributed by atoms with Crippen molar-refractivity contribution in [3.63, 3.8) is 0 Å². The van der Waals surface area contributed by atoms with Crippen LogP contribution in [-0.4, -0.2) is 67.0 Å². The van der Waals surface area contributed by atoms with Crippen LogP contribution in [0.1, 0.15) is 25.3 Å². The second kappa shape index (κ2) is 7.67. The lowest BCUT2D eigenvalue weighted by atomic mass is 9.88. The molecule has 0 aromatic heterocycles. The Bertz CT molecular complexity index is 656. The molecule has 0 bridgehead atoms. The summed E-state index contributed by atoms with van der Waals surface area (Å²) in [5.41, 5.74) is 0.235. The molecule has 8 heteroatoms. The number of piperidine rings is 1. The molecule has 3 rings (SSSR count). The van der Waals surface area contributed by atoms with Crippen LogP contribution in [0, 0.1) is 0 Å². The van der Waals surface area contributed by atoms with Gasteiger partial charge in [0.15, 0.2) is 0 Å². The van der Waals surface area contributed by atoms with Crippen molar-refractivity contribution in [3.8, 4) is 5.75 Å². The predicted molar refractivity (Wildman–Crippen MR) is 93.4 cm³/mol. The van der Waals surface area contributed by atoms with Crippen molar-refractivity contribution in [3.05, 3.63) is 29.8 Å². The van der Waals surface area contributed by atoms with E-state index in [1.54, 1.807) is 31.0 Å². The Kier molecular flexibility index (Phi) is 5.67. The highest BCUT2D eigenvalue weighted by molar-refractivity contribution is 5.81. The number of morpholine rings is 1. The summed E-state index contributed by atoms with van der Waals surface area (Å²) in [6.45, 7) is 4.60. The Hall–Kier alpha value is -1.80. The molecule has 150 valence electrons. The van der Waals surface area contributed by atoms with Gasteiger partial charge in [0.25, 0.3) is 5.91 Å². The number of benzene rings is 1. The van der Waals surface area contributed by atoms with E-state index in [1.165, 1.54) is 12.1 Å². The summed E-state index contributed by atoms with van der Waals surface area (Å²) in [5, 5.41) is 0. The summed E-state index contributed by atoms with van der Waals surface area (Å²) >= 11 is 0. The molecule has 2 heterocycles. The fourth-order valence-electron chi connectivity index (χ4n) is 3.96. The van der Waals surface area contributed by atoms with E-state index >= 15 is 0 Å². The molecule has 2 aliphatic heterocycles. The van der Waals surface area contributed by atoms with Crippen molar-refractivity contribution in [2.24, 2.45) is 0 Å². The molecule has 0 saturated carbocycles. The van der Waals surface area contributed by atoms with E-state index in [2.05, 4.69) is 9.64 Å². The predicted octanol–water partition coefficient (Wildman–Crippen LogP) is 2.84. The quantitative estimate of drug-likeness (QED) is 0.798. The van der Waals surface area contributed by atoms with E-state index in [-0.39, 0.29) is 17.3 Å². The highest BCUT2D eigenvalue weighted by Gasteiger charge is 2.44. The molecule has 2 aliphatic rings. The second-order valence-corrected chi connectivity index (χ2v) is 7.38. The number of nitrogens with zero attached hydrogens (tertiary/aromatic N) is 2. The largest absolute Gasteiger partial charge is 0.573 e. The smallest absolute Gasteiger partial charge is 0.406 e. The highest BCUT2D eigenvalue weighted by atomic mass is 19.4. The van der Waals surface area contributed by atoms with Gasteiger partial charge in [-0.3, -0.25) is 4.79 Å². The summed E-state index contributed by atoms with van der Waals surface area (Å²) in [6, 6.07) is 6.26. The van der Waals surface area contributed by atoms with Gasteiger partial charge < -0.3 is 19.3 Å². The van der Waals surface area contributed by atoms with Crippen molar-refractivity contribution in [2.75, 3.05) is 33.2 Å². The summed E-state index contributed by atoms with van der Waals surface area (Å²) in [4.78, 5) is 15.9. The van der Waals surface area contributed by atoms with Gasteiger partial charge in [-0.25, -0.2) is 0 Å². The Morgan fingerprint density at radius 3 is 2.56 bits per heavy atom. The number of hydrogen-bond donors (Lipinski definition) is 0. The van der Waals surface area contributed by atoms with Gasteiger partial charge in [0.05, 0.1) is 5.60 Å². The minimum Gasteiger partial charge on any atom is -0.406 e. The van der Waals surface area contributed by atoms with Gasteiger partial charge in [0.1, 0.15) is 11.9 Å².